The summed E-state index contributed by atoms with van der Waals surface area (Å²) in [5, 5.41) is 3.29. The first-order chi connectivity index (χ1) is 10.8. The predicted molar refractivity (Wildman–Crippen MR) is 90.6 cm³/mol. The molecule has 4 nitrogen and oxygen atoms in total. The molecule has 24 heavy (non-hydrogen) atoms. The largest absolute Gasteiger partial charge is 0.573 e. The number of halogens is 4. The lowest BCUT2D eigenvalue weighted by Gasteiger charge is -2.25. The van der Waals surface area contributed by atoms with Crippen LogP contribution in [-0.4, -0.2) is 48.3 Å². The van der Waals surface area contributed by atoms with Crippen molar-refractivity contribution in [2.24, 2.45) is 0 Å². The summed E-state index contributed by atoms with van der Waals surface area (Å²) in [4.78, 5) is 13.7. The van der Waals surface area contributed by atoms with Crippen LogP contribution in [0.25, 0.3) is 0 Å². The summed E-state index contributed by atoms with van der Waals surface area (Å²) < 4.78 is 40.6. The summed E-state index contributed by atoms with van der Waals surface area (Å²) in [7, 11) is 1.65. The van der Waals surface area contributed by atoms with Gasteiger partial charge in [0, 0.05) is 44.1 Å². The number of nitrogens with one attached hydrogen (secondary N) is 1. The number of alkyl halides is 3. The van der Waals surface area contributed by atoms with Crippen molar-refractivity contribution in [3.05, 3.63) is 29.8 Å². The average molecular weight is 385 g/mol. The Balaban J connectivity index is 0.00000288. The molecule has 0 radical (unpaired) electrons. The third-order valence-electron chi connectivity index (χ3n) is 3.40. The molecule has 0 aliphatic carbocycles. The molecule has 1 N–H and O–H groups in total. The topological polar surface area (TPSA) is 41.6 Å². The lowest BCUT2D eigenvalue weighted by Crippen LogP contribution is -2.41. The van der Waals surface area contributed by atoms with Crippen LogP contribution >= 0.6 is 24.2 Å². The second-order valence-corrected chi connectivity index (χ2v) is 6.52. The van der Waals surface area contributed by atoms with Crippen LogP contribution in [0.4, 0.5) is 13.2 Å². The number of amides is 1. The zero-order valence-corrected chi connectivity index (χ0v) is 14.8. The Hall–Kier alpha value is -1.12. The summed E-state index contributed by atoms with van der Waals surface area (Å²) in [5.41, 5.74) is 0.591. The van der Waals surface area contributed by atoms with Gasteiger partial charge < -0.3 is 15.0 Å². The lowest BCUT2D eigenvalue weighted by atomic mass is 10.1. The first-order valence-electron chi connectivity index (χ1n) is 7.23. The number of nitrogens with zero attached hydrogens (tertiary/aromatic N) is 1. The molecule has 1 amide bonds. The fourth-order valence-electron chi connectivity index (χ4n) is 2.32. The molecule has 1 atom stereocenters. The van der Waals surface area contributed by atoms with Crippen LogP contribution in [0.2, 0.25) is 0 Å². The zero-order chi connectivity index (χ0) is 16.9. The van der Waals surface area contributed by atoms with Crippen LogP contribution in [0, 0.1) is 0 Å². The fraction of sp³-hybridized carbons (Fsp3) is 0.533. The molecule has 1 aromatic carbocycles. The van der Waals surface area contributed by atoms with Crippen LogP contribution in [0.15, 0.2) is 24.3 Å². The van der Waals surface area contributed by atoms with Crippen LogP contribution in [-0.2, 0) is 11.3 Å². The van der Waals surface area contributed by atoms with E-state index in [0.717, 1.165) is 18.1 Å². The van der Waals surface area contributed by atoms with Gasteiger partial charge >= 0.3 is 6.36 Å². The van der Waals surface area contributed by atoms with E-state index in [1.807, 2.05) is 11.8 Å². The number of carbonyl (C=O) groups is 1. The van der Waals surface area contributed by atoms with Crippen LogP contribution in [0.3, 0.4) is 0 Å². The highest BCUT2D eigenvalue weighted by atomic mass is 35.5. The first kappa shape index (κ1) is 20.9. The van der Waals surface area contributed by atoms with Gasteiger partial charge in [0.15, 0.2) is 0 Å². The quantitative estimate of drug-likeness (QED) is 0.847. The van der Waals surface area contributed by atoms with Gasteiger partial charge in [0.25, 0.3) is 0 Å². The van der Waals surface area contributed by atoms with Crippen molar-refractivity contribution in [2.75, 3.05) is 25.1 Å². The molecule has 1 aliphatic rings. The van der Waals surface area contributed by atoms with Gasteiger partial charge in [0.2, 0.25) is 5.91 Å². The van der Waals surface area contributed by atoms with Gasteiger partial charge in [-0.05, 0) is 17.7 Å². The van der Waals surface area contributed by atoms with Crippen LogP contribution in [0.5, 0.6) is 5.75 Å². The number of hydrogen-bond donors (Lipinski definition) is 1. The molecule has 1 heterocycles. The normalized spacial score (nSPS) is 17.8. The SMILES string of the molecule is CN(Cc1cccc(OC(F)(F)F)c1)C(=O)CC1CSCCN1.Cl. The van der Waals surface area contributed by atoms with Gasteiger partial charge in [0.1, 0.15) is 5.75 Å². The number of ether oxygens (including phenoxy) is 1. The second kappa shape index (κ2) is 9.39. The minimum absolute atomic E-state index is 0. The molecule has 2 rings (SSSR count). The van der Waals surface area contributed by atoms with Gasteiger partial charge in [-0.1, -0.05) is 12.1 Å². The summed E-state index contributed by atoms with van der Waals surface area (Å²) in [6, 6.07) is 5.84. The third-order valence-corrected chi connectivity index (χ3v) is 4.53. The van der Waals surface area contributed by atoms with Crippen LogP contribution in [0.1, 0.15) is 12.0 Å². The Bertz CT molecular complexity index is 540. The fourth-order valence-corrected chi connectivity index (χ4v) is 3.27. The standard InChI is InChI=1S/C15H19F3N2O2S.ClH/c1-20(14(21)8-12-10-23-6-5-19-12)9-11-3-2-4-13(7-11)22-15(16,17)18;/h2-4,7,12,19H,5-6,8-10H2,1H3;1H. The van der Waals surface area contributed by atoms with Crippen molar-refractivity contribution in [2.45, 2.75) is 25.4 Å². The van der Waals surface area contributed by atoms with E-state index in [1.54, 1.807) is 13.1 Å². The van der Waals surface area contributed by atoms with Crippen molar-refractivity contribution in [1.82, 2.24) is 10.2 Å². The van der Waals surface area contributed by atoms with Crippen molar-refractivity contribution in [1.29, 1.82) is 0 Å². The van der Waals surface area contributed by atoms with Gasteiger partial charge in [-0.2, -0.15) is 11.8 Å². The van der Waals surface area contributed by atoms with Crippen LogP contribution < -0.4 is 10.1 Å². The number of carbonyl (C=O) groups excluding carboxylic acids is 1. The van der Waals surface area contributed by atoms with Gasteiger partial charge in [-0.25, -0.2) is 0 Å². The van der Waals surface area contributed by atoms with Gasteiger partial charge in [-0.3, -0.25) is 4.79 Å². The summed E-state index contributed by atoms with van der Waals surface area (Å²) in [5.74, 6) is 1.63. The van der Waals surface area contributed by atoms with E-state index in [2.05, 4.69) is 10.1 Å². The van der Waals surface area contributed by atoms with E-state index in [1.165, 1.54) is 23.1 Å². The molecule has 0 saturated carbocycles. The Labute approximate surface area is 149 Å². The van der Waals surface area contributed by atoms with Gasteiger partial charge in [-0.15, -0.1) is 25.6 Å². The Kier molecular flexibility index (Phi) is 8.18. The Morgan fingerprint density at radius 2 is 2.21 bits per heavy atom. The molecule has 1 fully saturated rings. The van der Waals surface area contributed by atoms with Crippen molar-refractivity contribution in [3.63, 3.8) is 0 Å². The highest BCUT2D eigenvalue weighted by Gasteiger charge is 2.31. The molecular weight excluding hydrogens is 365 g/mol. The van der Waals surface area contributed by atoms with E-state index in [4.69, 9.17) is 0 Å². The summed E-state index contributed by atoms with van der Waals surface area (Å²) >= 11 is 1.81. The maximum Gasteiger partial charge on any atom is 0.573 e. The molecule has 1 unspecified atom stereocenters. The maximum atomic E-state index is 12.2. The predicted octanol–water partition coefficient (Wildman–Crippen LogP) is 3.06. The lowest BCUT2D eigenvalue weighted by molar-refractivity contribution is -0.274. The Morgan fingerprint density at radius 3 is 2.83 bits per heavy atom. The maximum absolute atomic E-state index is 12.2. The minimum atomic E-state index is -4.72. The average Bonchev–Trinajstić information content (AvgIpc) is 2.46. The second-order valence-electron chi connectivity index (χ2n) is 5.38. The van der Waals surface area contributed by atoms with Gasteiger partial charge in [0.05, 0.1) is 0 Å². The molecule has 0 spiro atoms. The van der Waals surface area contributed by atoms with Crippen molar-refractivity contribution < 1.29 is 22.7 Å². The molecular formula is C15H20ClF3N2O2S. The molecule has 1 aliphatic heterocycles. The van der Waals surface area contributed by atoms with E-state index in [9.17, 15) is 18.0 Å². The number of thioether (sulfide) groups is 1. The highest BCUT2D eigenvalue weighted by molar-refractivity contribution is 7.99. The molecule has 1 saturated heterocycles. The van der Waals surface area contributed by atoms with E-state index in [-0.39, 0.29) is 36.7 Å². The monoisotopic (exact) mass is 384 g/mol. The summed E-state index contributed by atoms with van der Waals surface area (Å²) in [6.45, 7) is 1.14. The van der Waals surface area contributed by atoms with E-state index < -0.39 is 6.36 Å². The highest BCUT2D eigenvalue weighted by Crippen LogP contribution is 2.23. The number of hydrogen-bond acceptors (Lipinski definition) is 4. The summed E-state index contributed by atoms with van der Waals surface area (Å²) in [6.07, 6.45) is -4.33. The number of rotatable bonds is 5. The first-order valence-corrected chi connectivity index (χ1v) is 8.39. The number of benzene rings is 1. The molecule has 1 aromatic rings. The zero-order valence-electron chi connectivity index (χ0n) is 13.1. The molecule has 0 aromatic heterocycles. The molecule has 0 bridgehead atoms. The molecule has 9 heteroatoms. The van der Waals surface area contributed by atoms with Crippen molar-refractivity contribution in [3.8, 4) is 5.75 Å². The van der Waals surface area contributed by atoms with E-state index >= 15 is 0 Å². The van der Waals surface area contributed by atoms with Crippen molar-refractivity contribution >= 4 is 30.1 Å². The molecule has 136 valence electrons. The smallest absolute Gasteiger partial charge is 0.406 e. The third kappa shape index (κ3) is 7.19. The minimum Gasteiger partial charge on any atom is -0.406 e. The Morgan fingerprint density at radius 1 is 1.46 bits per heavy atom. The van der Waals surface area contributed by atoms with E-state index in [0.29, 0.717) is 12.0 Å².